The Labute approximate surface area is 116 Å². The van der Waals surface area contributed by atoms with Crippen LogP contribution in [0, 0.1) is 6.92 Å². The largest absolute Gasteiger partial charge is 0.495 e. The minimum absolute atomic E-state index is 0.155. The second-order valence-electron chi connectivity index (χ2n) is 4.08. The predicted molar refractivity (Wildman–Crippen MR) is 73.6 cm³/mol. The number of benzene rings is 1. The van der Waals surface area contributed by atoms with Crippen LogP contribution in [0.5, 0.6) is 5.75 Å². The predicted octanol–water partition coefficient (Wildman–Crippen LogP) is 2.49. The molecule has 0 aliphatic heterocycles. The first-order valence-electron chi connectivity index (χ1n) is 5.70. The molecule has 1 heterocycles. The van der Waals surface area contributed by atoms with E-state index < -0.39 is 0 Å². The fourth-order valence-electron chi connectivity index (χ4n) is 1.67. The van der Waals surface area contributed by atoms with E-state index in [0.717, 1.165) is 5.56 Å². The number of nitrogens with one attached hydrogen (secondary N) is 1. The van der Waals surface area contributed by atoms with Crippen molar-refractivity contribution in [3.05, 3.63) is 41.4 Å². The maximum Gasteiger partial charge on any atom is 0.244 e. The van der Waals surface area contributed by atoms with E-state index in [-0.39, 0.29) is 12.5 Å². The number of imidazole rings is 1. The van der Waals surface area contributed by atoms with Gasteiger partial charge in [-0.3, -0.25) is 4.79 Å². The van der Waals surface area contributed by atoms with Crippen LogP contribution in [0.2, 0.25) is 5.02 Å². The number of methoxy groups -OCH3 is 1. The molecule has 2 aromatic rings. The lowest BCUT2D eigenvalue weighted by Crippen LogP contribution is -2.18. The summed E-state index contributed by atoms with van der Waals surface area (Å²) in [6.45, 7) is 2.07. The van der Waals surface area contributed by atoms with Crippen LogP contribution in [-0.2, 0) is 11.3 Å². The molecule has 1 aromatic carbocycles. The molecule has 1 aromatic heterocycles. The third kappa shape index (κ3) is 3.26. The number of aryl methyl sites for hydroxylation is 1. The average molecular weight is 280 g/mol. The highest BCUT2D eigenvalue weighted by molar-refractivity contribution is 6.31. The molecule has 0 aliphatic rings. The summed E-state index contributed by atoms with van der Waals surface area (Å²) in [4.78, 5) is 15.8. The van der Waals surface area contributed by atoms with Gasteiger partial charge in [-0.15, -0.1) is 0 Å². The van der Waals surface area contributed by atoms with Gasteiger partial charge in [0.2, 0.25) is 5.91 Å². The Bertz CT molecular complexity index is 582. The molecule has 100 valence electrons. The van der Waals surface area contributed by atoms with Crippen LogP contribution in [0.1, 0.15) is 5.56 Å². The summed E-state index contributed by atoms with van der Waals surface area (Å²) in [6, 6.07) is 3.47. The van der Waals surface area contributed by atoms with E-state index in [2.05, 4.69) is 10.3 Å². The number of carbonyl (C=O) groups is 1. The van der Waals surface area contributed by atoms with Crippen molar-refractivity contribution in [1.29, 1.82) is 0 Å². The molecule has 0 aliphatic carbocycles. The molecule has 6 heteroatoms. The SMILES string of the molecule is COc1cc(Cl)c(C)cc1NC(=O)Cn1ccnc1. The van der Waals surface area contributed by atoms with E-state index in [9.17, 15) is 4.79 Å². The second kappa shape index (κ2) is 5.75. The molecule has 0 saturated carbocycles. The Kier molecular flexibility index (Phi) is 4.06. The molecule has 0 radical (unpaired) electrons. The van der Waals surface area contributed by atoms with Crippen molar-refractivity contribution in [1.82, 2.24) is 9.55 Å². The van der Waals surface area contributed by atoms with E-state index in [1.54, 1.807) is 35.4 Å². The van der Waals surface area contributed by atoms with Crippen LogP contribution in [0.4, 0.5) is 5.69 Å². The van der Waals surface area contributed by atoms with E-state index in [0.29, 0.717) is 16.5 Å². The minimum atomic E-state index is -0.155. The number of rotatable bonds is 4. The molecule has 0 saturated heterocycles. The first kappa shape index (κ1) is 13.4. The standard InChI is InChI=1S/C13H14ClN3O2/c1-9-5-11(12(19-2)6-10(9)14)16-13(18)7-17-4-3-15-8-17/h3-6,8H,7H2,1-2H3,(H,16,18). The van der Waals surface area contributed by atoms with Crippen molar-refractivity contribution >= 4 is 23.2 Å². The number of amides is 1. The van der Waals surface area contributed by atoms with Crippen LogP contribution in [0.25, 0.3) is 0 Å². The van der Waals surface area contributed by atoms with Crippen molar-refractivity contribution in [2.24, 2.45) is 0 Å². The normalized spacial score (nSPS) is 10.3. The Morgan fingerprint density at radius 1 is 1.53 bits per heavy atom. The molecule has 0 bridgehead atoms. The van der Waals surface area contributed by atoms with Crippen LogP contribution >= 0.6 is 11.6 Å². The second-order valence-corrected chi connectivity index (χ2v) is 4.49. The summed E-state index contributed by atoms with van der Waals surface area (Å²) < 4.78 is 6.88. The van der Waals surface area contributed by atoms with Crippen molar-refractivity contribution in [2.75, 3.05) is 12.4 Å². The maximum atomic E-state index is 11.9. The number of nitrogens with zero attached hydrogens (tertiary/aromatic N) is 2. The van der Waals surface area contributed by atoms with Gasteiger partial charge in [0, 0.05) is 23.5 Å². The van der Waals surface area contributed by atoms with Gasteiger partial charge in [-0.05, 0) is 18.6 Å². The quantitative estimate of drug-likeness (QED) is 0.935. The Morgan fingerprint density at radius 3 is 2.95 bits per heavy atom. The Morgan fingerprint density at radius 2 is 2.32 bits per heavy atom. The molecule has 0 atom stereocenters. The van der Waals surface area contributed by atoms with E-state index in [4.69, 9.17) is 16.3 Å². The lowest BCUT2D eigenvalue weighted by molar-refractivity contribution is -0.116. The van der Waals surface area contributed by atoms with Gasteiger partial charge in [-0.2, -0.15) is 0 Å². The van der Waals surface area contributed by atoms with Gasteiger partial charge in [-0.25, -0.2) is 4.98 Å². The zero-order chi connectivity index (χ0) is 13.8. The smallest absolute Gasteiger partial charge is 0.244 e. The summed E-state index contributed by atoms with van der Waals surface area (Å²) >= 11 is 6.01. The zero-order valence-electron chi connectivity index (χ0n) is 10.7. The lowest BCUT2D eigenvalue weighted by atomic mass is 10.2. The molecule has 1 amide bonds. The highest BCUT2D eigenvalue weighted by atomic mass is 35.5. The molecule has 1 N–H and O–H groups in total. The highest BCUT2D eigenvalue weighted by Gasteiger charge is 2.10. The number of carbonyl (C=O) groups excluding carboxylic acids is 1. The van der Waals surface area contributed by atoms with Gasteiger partial charge in [0.05, 0.1) is 19.1 Å². The van der Waals surface area contributed by atoms with Gasteiger partial charge in [0.25, 0.3) is 0 Å². The van der Waals surface area contributed by atoms with Crippen molar-refractivity contribution in [3.63, 3.8) is 0 Å². The van der Waals surface area contributed by atoms with Gasteiger partial charge < -0.3 is 14.6 Å². The molecular formula is C13H14ClN3O2. The van der Waals surface area contributed by atoms with Crippen molar-refractivity contribution in [2.45, 2.75) is 13.5 Å². The highest BCUT2D eigenvalue weighted by Crippen LogP contribution is 2.30. The van der Waals surface area contributed by atoms with Gasteiger partial charge in [0.15, 0.2) is 0 Å². The van der Waals surface area contributed by atoms with Crippen molar-refractivity contribution in [3.8, 4) is 5.75 Å². The molecule has 2 rings (SSSR count). The summed E-state index contributed by atoms with van der Waals surface area (Å²) in [5.41, 5.74) is 1.48. The molecule has 0 spiro atoms. The van der Waals surface area contributed by atoms with Gasteiger partial charge >= 0.3 is 0 Å². The fourth-order valence-corrected chi connectivity index (χ4v) is 1.82. The summed E-state index contributed by atoms with van der Waals surface area (Å²) in [5.74, 6) is 0.382. The summed E-state index contributed by atoms with van der Waals surface area (Å²) in [7, 11) is 1.53. The van der Waals surface area contributed by atoms with E-state index in [1.807, 2.05) is 6.92 Å². The lowest BCUT2D eigenvalue weighted by Gasteiger charge is -2.12. The number of ether oxygens (including phenoxy) is 1. The molecule has 0 fully saturated rings. The molecular weight excluding hydrogens is 266 g/mol. The first-order valence-corrected chi connectivity index (χ1v) is 6.07. The third-order valence-corrected chi connectivity index (χ3v) is 3.05. The number of aromatic nitrogens is 2. The maximum absolute atomic E-state index is 11.9. The van der Waals surface area contributed by atoms with Gasteiger partial charge in [-0.1, -0.05) is 11.6 Å². The number of hydrogen-bond acceptors (Lipinski definition) is 3. The number of anilines is 1. The Hall–Kier alpha value is -2.01. The molecule has 19 heavy (non-hydrogen) atoms. The zero-order valence-corrected chi connectivity index (χ0v) is 11.4. The monoisotopic (exact) mass is 279 g/mol. The van der Waals surface area contributed by atoms with Gasteiger partial charge in [0.1, 0.15) is 12.3 Å². The van der Waals surface area contributed by atoms with E-state index >= 15 is 0 Å². The van der Waals surface area contributed by atoms with Crippen LogP contribution < -0.4 is 10.1 Å². The summed E-state index contributed by atoms with van der Waals surface area (Å²) in [6.07, 6.45) is 4.94. The van der Waals surface area contributed by atoms with Crippen LogP contribution in [-0.4, -0.2) is 22.6 Å². The summed E-state index contributed by atoms with van der Waals surface area (Å²) in [5, 5.41) is 3.40. The fraction of sp³-hybridized carbons (Fsp3) is 0.231. The molecule has 0 unspecified atom stereocenters. The van der Waals surface area contributed by atoms with Crippen LogP contribution in [0.3, 0.4) is 0 Å². The van der Waals surface area contributed by atoms with Crippen LogP contribution in [0.15, 0.2) is 30.9 Å². The Balaban J connectivity index is 2.14. The third-order valence-electron chi connectivity index (χ3n) is 2.64. The number of halogens is 1. The first-order chi connectivity index (χ1) is 9.10. The number of hydrogen-bond donors (Lipinski definition) is 1. The van der Waals surface area contributed by atoms with E-state index in [1.165, 1.54) is 7.11 Å². The minimum Gasteiger partial charge on any atom is -0.495 e. The topological polar surface area (TPSA) is 56.1 Å². The van der Waals surface area contributed by atoms with Crippen molar-refractivity contribution < 1.29 is 9.53 Å². The molecule has 5 nitrogen and oxygen atoms in total. The average Bonchev–Trinajstić information content (AvgIpc) is 2.86.